The number of methoxy groups -OCH3 is 1. The van der Waals surface area contributed by atoms with Gasteiger partial charge in [0.2, 0.25) is 0 Å². The fourth-order valence-corrected chi connectivity index (χ4v) is 6.69. The first-order valence-electron chi connectivity index (χ1n) is 15.0. The van der Waals surface area contributed by atoms with Crippen molar-refractivity contribution in [2.24, 2.45) is 0 Å². The Hall–Kier alpha value is -4.41. The number of carbonyl (C=O) groups excluding carboxylic acids is 2. The van der Waals surface area contributed by atoms with Gasteiger partial charge in [0.1, 0.15) is 11.6 Å². The van der Waals surface area contributed by atoms with Crippen LogP contribution in [0.1, 0.15) is 38.4 Å². The Morgan fingerprint density at radius 1 is 0.818 bits per heavy atom. The number of piperazine rings is 1. The first kappa shape index (κ1) is 29.7. The molecule has 44 heavy (non-hydrogen) atoms. The van der Waals surface area contributed by atoms with E-state index in [-0.39, 0.29) is 11.8 Å². The molecule has 0 saturated carbocycles. The standard InChI is InChI=1S/C34H38N6O3S/c1-23-6-7-25(36-33(41)24-12-13-35-32(20-24)40-14-4-5-15-40)21-27(23)30-10-11-31(44-30)34(42)37-26-8-9-29(43-3)28(22-26)39-18-16-38(2)17-19-39/h6-13,20-22H,4-5,14-19H2,1-3H3,(H,36,41)(H,37,42). The van der Waals surface area contributed by atoms with E-state index in [9.17, 15) is 9.59 Å². The number of pyridine rings is 1. The van der Waals surface area contributed by atoms with Gasteiger partial charge >= 0.3 is 0 Å². The lowest BCUT2D eigenvalue weighted by Gasteiger charge is -2.34. The highest BCUT2D eigenvalue weighted by Crippen LogP contribution is 2.35. The lowest BCUT2D eigenvalue weighted by Crippen LogP contribution is -2.44. The van der Waals surface area contributed by atoms with E-state index in [2.05, 4.69) is 37.4 Å². The summed E-state index contributed by atoms with van der Waals surface area (Å²) in [6, 6.07) is 19.0. The summed E-state index contributed by atoms with van der Waals surface area (Å²) >= 11 is 1.43. The van der Waals surface area contributed by atoms with Crippen molar-refractivity contribution >= 4 is 46.0 Å². The van der Waals surface area contributed by atoms with Gasteiger partial charge in [-0.3, -0.25) is 9.59 Å². The van der Waals surface area contributed by atoms with Gasteiger partial charge in [-0.15, -0.1) is 11.3 Å². The molecule has 2 aromatic carbocycles. The SMILES string of the molecule is COc1ccc(NC(=O)c2ccc(-c3cc(NC(=O)c4ccnc(N5CCCC5)c4)ccc3C)s2)cc1N1CCN(C)CC1. The number of nitrogens with zero attached hydrogens (tertiary/aromatic N) is 4. The van der Waals surface area contributed by atoms with E-state index in [0.29, 0.717) is 16.1 Å². The largest absolute Gasteiger partial charge is 0.495 e. The van der Waals surface area contributed by atoms with E-state index in [4.69, 9.17) is 4.74 Å². The molecule has 2 saturated heterocycles. The zero-order chi connectivity index (χ0) is 30.6. The first-order chi connectivity index (χ1) is 21.4. The van der Waals surface area contributed by atoms with Crippen molar-refractivity contribution in [3.8, 4) is 16.2 Å². The summed E-state index contributed by atoms with van der Waals surface area (Å²) in [5.41, 5.74) is 5.02. The van der Waals surface area contributed by atoms with Gasteiger partial charge in [-0.2, -0.15) is 0 Å². The van der Waals surface area contributed by atoms with Gasteiger partial charge in [-0.05, 0) is 92.5 Å². The van der Waals surface area contributed by atoms with Crippen LogP contribution in [0, 0.1) is 6.92 Å². The molecule has 0 spiro atoms. The average Bonchev–Trinajstić information content (AvgIpc) is 3.76. The van der Waals surface area contributed by atoms with Crippen molar-refractivity contribution < 1.29 is 14.3 Å². The monoisotopic (exact) mass is 610 g/mol. The maximum absolute atomic E-state index is 13.3. The fourth-order valence-electron chi connectivity index (χ4n) is 5.71. The van der Waals surface area contributed by atoms with Gasteiger partial charge in [-0.25, -0.2) is 4.98 Å². The minimum absolute atomic E-state index is 0.163. The van der Waals surface area contributed by atoms with Crippen molar-refractivity contribution in [2.45, 2.75) is 19.8 Å². The van der Waals surface area contributed by atoms with E-state index in [1.165, 1.54) is 11.3 Å². The van der Waals surface area contributed by atoms with Crippen molar-refractivity contribution in [2.75, 3.05) is 73.9 Å². The molecule has 0 aliphatic carbocycles. The fraction of sp³-hybridized carbons (Fsp3) is 0.324. The Morgan fingerprint density at radius 2 is 1.55 bits per heavy atom. The zero-order valence-corrected chi connectivity index (χ0v) is 26.2. The second-order valence-corrected chi connectivity index (χ2v) is 12.5. The number of anilines is 4. The molecule has 10 heteroatoms. The van der Waals surface area contributed by atoms with Crippen LogP contribution in [0.3, 0.4) is 0 Å². The van der Waals surface area contributed by atoms with E-state index >= 15 is 0 Å². The molecule has 0 atom stereocenters. The second-order valence-electron chi connectivity index (χ2n) is 11.4. The molecule has 2 aliphatic rings. The maximum Gasteiger partial charge on any atom is 0.265 e. The Morgan fingerprint density at radius 3 is 2.32 bits per heavy atom. The number of carbonyl (C=O) groups is 2. The minimum Gasteiger partial charge on any atom is -0.495 e. The molecule has 0 bridgehead atoms. The average molecular weight is 611 g/mol. The van der Waals surface area contributed by atoms with Crippen LogP contribution in [0.4, 0.5) is 22.9 Å². The topological polar surface area (TPSA) is 90.0 Å². The molecular weight excluding hydrogens is 572 g/mol. The number of hydrogen-bond acceptors (Lipinski definition) is 8. The third kappa shape index (κ3) is 6.56. The smallest absolute Gasteiger partial charge is 0.265 e. The normalized spacial score (nSPS) is 15.3. The summed E-state index contributed by atoms with van der Waals surface area (Å²) < 4.78 is 5.62. The van der Waals surface area contributed by atoms with Crippen LogP contribution >= 0.6 is 11.3 Å². The Labute approximate surface area is 262 Å². The van der Waals surface area contributed by atoms with Gasteiger partial charge in [0.25, 0.3) is 11.8 Å². The van der Waals surface area contributed by atoms with E-state index < -0.39 is 0 Å². The Balaban J connectivity index is 1.15. The van der Waals surface area contributed by atoms with Crippen molar-refractivity contribution in [1.82, 2.24) is 9.88 Å². The predicted molar refractivity (Wildman–Crippen MR) is 179 cm³/mol. The molecule has 0 unspecified atom stereocenters. The van der Waals surface area contributed by atoms with Gasteiger partial charge < -0.3 is 30.1 Å². The molecule has 228 valence electrons. The van der Waals surface area contributed by atoms with Crippen LogP contribution in [0.15, 0.2) is 66.9 Å². The van der Waals surface area contributed by atoms with Gasteiger partial charge in [-0.1, -0.05) is 6.07 Å². The second kappa shape index (κ2) is 13.1. The summed E-state index contributed by atoms with van der Waals surface area (Å²) in [5.74, 6) is 1.30. The number of rotatable bonds is 8. The van der Waals surface area contributed by atoms with Crippen LogP contribution < -0.4 is 25.2 Å². The lowest BCUT2D eigenvalue weighted by atomic mass is 10.1. The number of hydrogen-bond donors (Lipinski definition) is 2. The maximum atomic E-state index is 13.3. The molecule has 0 radical (unpaired) electrons. The third-order valence-electron chi connectivity index (χ3n) is 8.31. The van der Waals surface area contributed by atoms with E-state index in [1.54, 1.807) is 19.4 Å². The molecular formula is C34H38N6O3S. The Bertz CT molecular complexity index is 1660. The highest BCUT2D eigenvalue weighted by atomic mass is 32.1. The molecule has 2 fully saturated rings. The molecule has 4 aromatic rings. The number of benzene rings is 2. The van der Waals surface area contributed by atoms with Crippen LogP contribution in [-0.4, -0.2) is 75.1 Å². The van der Waals surface area contributed by atoms with E-state index in [1.807, 2.05) is 61.5 Å². The molecule has 2 aromatic heterocycles. The molecule has 2 amide bonds. The first-order valence-corrected chi connectivity index (χ1v) is 15.9. The molecule has 2 N–H and O–H groups in total. The zero-order valence-electron chi connectivity index (χ0n) is 25.4. The third-order valence-corrected chi connectivity index (χ3v) is 9.43. The van der Waals surface area contributed by atoms with Crippen LogP contribution in [0.5, 0.6) is 5.75 Å². The van der Waals surface area contributed by atoms with Crippen molar-refractivity contribution in [1.29, 1.82) is 0 Å². The highest BCUT2D eigenvalue weighted by Gasteiger charge is 2.20. The number of amides is 2. The van der Waals surface area contributed by atoms with Gasteiger partial charge in [0, 0.05) is 67.3 Å². The number of likely N-dealkylation sites (N-methyl/N-ethyl adjacent to an activating group) is 1. The quantitative estimate of drug-likeness (QED) is 0.254. The predicted octanol–water partition coefficient (Wildman–Crippen LogP) is 5.98. The van der Waals surface area contributed by atoms with Gasteiger partial charge in [0.15, 0.2) is 0 Å². The Kier molecular flexibility index (Phi) is 8.81. The summed E-state index contributed by atoms with van der Waals surface area (Å²) in [6.07, 6.45) is 3.99. The van der Waals surface area contributed by atoms with Crippen LogP contribution in [-0.2, 0) is 0 Å². The number of thiophene rings is 1. The molecule has 9 nitrogen and oxygen atoms in total. The summed E-state index contributed by atoms with van der Waals surface area (Å²) in [7, 11) is 3.80. The van der Waals surface area contributed by atoms with Crippen molar-refractivity contribution in [3.05, 3.63) is 82.9 Å². The lowest BCUT2D eigenvalue weighted by molar-refractivity contribution is 0.102. The molecule has 4 heterocycles. The number of nitrogens with one attached hydrogen (secondary N) is 2. The molecule has 6 rings (SSSR count). The number of ether oxygens (including phenoxy) is 1. The van der Waals surface area contributed by atoms with Crippen LogP contribution in [0.25, 0.3) is 10.4 Å². The highest BCUT2D eigenvalue weighted by molar-refractivity contribution is 7.17. The summed E-state index contributed by atoms with van der Waals surface area (Å²) in [5, 5.41) is 6.11. The van der Waals surface area contributed by atoms with Gasteiger partial charge in [0.05, 0.1) is 17.7 Å². The summed E-state index contributed by atoms with van der Waals surface area (Å²) in [4.78, 5) is 39.3. The van der Waals surface area contributed by atoms with E-state index in [0.717, 1.165) is 91.1 Å². The van der Waals surface area contributed by atoms with Crippen molar-refractivity contribution in [3.63, 3.8) is 0 Å². The number of aryl methyl sites for hydroxylation is 1. The van der Waals surface area contributed by atoms with Crippen LogP contribution in [0.2, 0.25) is 0 Å². The number of aromatic nitrogens is 1. The summed E-state index contributed by atoms with van der Waals surface area (Å²) in [6.45, 7) is 7.73. The minimum atomic E-state index is -0.177. The molecule has 2 aliphatic heterocycles.